The predicted molar refractivity (Wildman–Crippen MR) is 60.1 cm³/mol. The Morgan fingerprint density at radius 3 is 2.42 bits per heavy atom. The standard InChI is InChI=1S/C10H11IO/c1-8(12)10(7-11)9-5-3-2-4-6-9/h2-8,12H,1H3/b10-7-. The molecule has 0 saturated carbocycles. The van der Waals surface area contributed by atoms with E-state index in [4.69, 9.17) is 0 Å². The topological polar surface area (TPSA) is 20.2 Å². The molecule has 0 aromatic heterocycles. The molecule has 0 aliphatic carbocycles. The zero-order valence-corrected chi connectivity index (χ0v) is 9.02. The van der Waals surface area contributed by atoms with Crippen molar-refractivity contribution in [3.05, 3.63) is 40.0 Å². The van der Waals surface area contributed by atoms with E-state index in [9.17, 15) is 5.11 Å². The van der Waals surface area contributed by atoms with Gasteiger partial charge in [-0.3, -0.25) is 0 Å². The van der Waals surface area contributed by atoms with Crippen LogP contribution in [0.4, 0.5) is 0 Å². The van der Waals surface area contributed by atoms with Gasteiger partial charge in [-0.25, -0.2) is 0 Å². The van der Waals surface area contributed by atoms with E-state index in [2.05, 4.69) is 22.6 Å². The highest BCUT2D eigenvalue weighted by atomic mass is 127. The Balaban J connectivity index is 2.97. The summed E-state index contributed by atoms with van der Waals surface area (Å²) in [5, 5.41) is 9.39. The van der Waals surface area contributed by atoms with Crippen molar-refractivity contribution >= 4 is 28.2 Å². The van der Waals surface area contributed by atoms with Gasteiger partial charge < -0.3 is 5.11 Å². The van der Waals surface area contributed by atoms with Crippen molar-refractivity contribution in [3.63, 3.8) is 0 Å². The lowest BCUT2D eigenvalue weighted by molar-refractivity contribution is 0.253. The second-order valence-electron chi connectivity index (χ2n) is 2.61. The third-order valence-electron chi connectivity index (χ3n) is 1.67. The maximum absolute atomic E-state index is 9.39. The van der Waals surface area contributed by atoms with E-state index in [0.29, 0.717) is 0 Å². The Kier molecular flexibility index (Phi) is 3.75. The van der Waals surface area contributed by atoms with Gasteiger partial charge in [0.2, 0.25) is 0 Å². The van der Waals surface area contributed by atoms with Crippen LogP contribution in [0.5, 0.6) is 0 Å². The summed E-state index contributed by atoms with van der Waals surface area (Å²) >= 11 is 2.15. The van der Waals surface area contributed by atoms with Crippen molar-refractivity contribution < 1.29 is 5.11 Å². The molecular weight excluding hydrogens is 263 g/mol. The number of aliphatic hydroxyl groups is 1. The van der Waals surface area contributed by atoms with Gasteiger partial charge in [-0.1, -0.05) is 52.9 Å². The van der Waals surface area contributed by atoms with Gasteiger partial charge in [0.15, 0.2) is 0 Å². The fraction of sp³-hybridized carbons (Fsp3) is 0.200. The van der Waals surface area contributed by atoms with Crippen LogP contribution in [0.15, 0.2) is 34.4 Å². The molecule has 1 atom stereocenters. The lowest BCUT2D eigenvalue weighted by Gasteiger charge is -2.08. The SMILES string of the molecule is CC(O)/C(=C/I)c1ccccc1. The highest BCUT2D eigenvalue weighted by molar-refractivity contribution is 14.1. The lowest BCUT2D eigenvalue weighted by Crippen LogP contribution is -2.02. The van der Waals surface area contributed by atoms with Gasteiger partial charge in [-0.15, -0.1) is 0 Å². The van der Waals surface area contributed by atoms with Gasteiger partial charge in [-0.2, -0.15) is 0 Å². The highest BCUT2D eigenvalue weighted by Crippen LogP contribution is 2.19. The van der Waals surface area contributed by atoms with E-state index < -0.39 is 6.10 Å². The molecule has 0 bridgehead atoms. The molecule has 0 saturated heterocycles. The number of halogens is 1. The van der Waals surface area contributed by atoms with Crippen molar-refractivity contribution in [2.75, 3.05) is 0 Å². The van der Waals surface area contributed by atoms with Crippen LogP contribution in [0, 0.1) is 0 Å². The van der Waals surface area contributed by atoms with Crippen LogP contribution in [0.1, 0.15) is 12.5 Å². The Bertz CT molecular complexity index is 264. The Morgan fingerprint density at radius 1 is 1.42 bits per heavy atom. The number of rotatable bonds is 2. The van der Waals surface area contributed by atoms with Crippen molar-refractivity contribution in [3.8, 4) is 0 Å². The first kappa shape index (κ1) is 9.74. The summed E-state index contributed by atoms with van der Waals surface area (Å²) in [7, 11) is 0. The zero-order valence-electron chi connectivity index (χ0n) is 6.87. The molecule has 2 heteroatoms. The number of hydrogen-bond donors (Lipinski definition) is 1. The molecule has 1 rings (SSSR count). The van der Waals surface area contributed by atoms with E-state index in [1.165, 1.54) is 0 Å². The maximum Gasteiger partial charge on any atom is 0.0772 e. The molecule has 0 fully saturated rings. The van der Waals surface area contributed by atoms with Crippen molar-refractivity contribution in [2.24, 2.45) is 0 Å². The smallest absolute Gasteiger partial charge is 0.0772 e. The Hall–Kier alpha value is -0.350. The Labute approximate surface area is 86.3 Å². The van der Waals surface area contributed by atoms with Gasteiger partial charge in [-0.05, 0) is 22.1 Å². The first-order valence-electron chi connectivity index (χ1n) is 3.79. The molecule has 1 N–H and O–H groups in total. The second-order valence-corrected chi connectivity index (χ2v) is 3.23. The molecule has 1 aromatic rings. The summed E-state index contributed by atoms with van der Waals surface area (Å²) < 4.78 is 1.91. The molecule has 0 heterocycles. The third kappa shape index (κ3) is 2.32. The van der Waals surface area contributed by atoms with E-state index in [0.717, 1.165) is 11.1 Å². The molecular formula is C10H11IO. The summed E-state index contributed by atoms with van der Waals surface area (Å²) in [5.41, 5.74) is 2.05. The molecule has 0 radical (unpaired) electrons. The maximum atomic E-state index is 9.39. The molecule has 1 nitrogen and oxygen atoms in total. The molecule has 0 aliphatic heterocycles. The Morgan fingerprint density at radius 2 is 2.00 bits per heavy atom. The van der Waals surface area contributed by atoms with E-state index >= 15 is 0 Å². The van der Waals surface area contributed by atoms with E-state index in [-0.39, 0.29) is 0 Å². The van der Waals surface area contributed by atoms with Gasteiger partial charge in [0.1, 0.15) is 0 Å². The second kappa shape index (κ2) is 4.62. The van der Waals surface area contributed by atoms with Gasteiger partial charge in [0, 0.05) is 0 Å². The van der Waals surface area contributed by atoms with Crippen LogP contribution in [-0.4, -0.2) is 11.2 Å². The fourth-order valence-corrected chi connectivity index (χ4v) is 1.91. The first-order chi connectivity index (χ1) is 5.75. The van der Waals surface area contributed by atoms with Crippen molar-refractivity contribution in [2.45, 2.75) is 13.0 Å². The minimum atomic E-state index is -0.399. The number of hydrogen-bond acceptors (Lipinski definition) is 1. The summed E-state index contributed by atoms with van der Waals surface area (Å²) in [6, 6.07) is 9.90. The normalized spacial score (nSPS) is 14.4. The monoisotopic (exact) mass is 274 g/mol. The zero-order chi connectivity index (χ0) is 8.97. The quantitative estimate of drug-likeness (QED) is 0.822. The van der Waals surface area contributed by atoms with Gasteiger partial charge >= 0.3 is 0 Å². The number of aliphatic hydroxyl groups excluding tert-OH is 1. The van der Waals surface area contributed by atoms with Gasteiger partial charge in [0.25, 0.3) is 0 Å². The van der Waals surface area contributed by atoms with Crippen LogP contribution in [0.25, 0.3) is 5.57 Å². The fourth-order valence-electron chi connectivity index (χ4n) is 1.03. The molecule has 1 unspecified atom stereocenters. The van der Waals surface area contributed by atoms with Crippen LogP contribution >= 0.6 is 22.6 Å². The summed E-state index contributed by atoms with van der Waals surface area (Å²) in [6.07, 6.45) is -0.399. The largest absolute Gasteiger partial charge is 0.389 e. The molecule has 0 spiro atoms. The molecule has 1 aromatic carbocycles. The van der Waals surface area contributed by atoms with Crippen LogP contribution < -0.4 is 0 Å². The number of benzene rings is 1. The summed E-state index contributed by atoms with van der Waals surface area (Å²) in [6.45, 7) is 1.78. The van der Waals surface area contributed by atoms with Crippen LogP contribution in [0.2, 0.25) is 0 Å². The third-order valence-corrected chi connectivity index (χ3v) is 2.35. The van der Waals surface area contributed by atoms with E-state index in [1.54, 1.807) is 6.92 Å². The molecule has 0 aliphatic rings. The summed E-state index contributed by atoms with van der Waals surface area (Å²) in [5.74, 6) is 0. The average Bonchev–Trinajstić information content (AvgIpc) is 2.07. The van der Waals surface area contributed by atoms with Crippen LogP contribution in [0.3, 0.4) is 0 Å². The minimum Gasteiger partial charge on any atom is -0.389 e. The van der Waals surface area contributed by atoms with Gasteiger partial charge in [0.05, 0.1) is 6.10 Å². The first-order valence-corrected chi connectivity index (χ1v) is 5.04. The molecule has 0 amide bonds. The minimum absolute atomic E-state index is 0.399. The molecule has 64 valence electrons. The average molecular weight is 274 g/mol. The van der Waals surface area contributed by atoms with Crippen molar-refractivity contribution in [1.29, 1.82) is 0 Å². The highest BCUT2D eigenvalue weighted by Gasteiger charge is 2.05. The summed E-state index contributed by atoms with van der Waals surface area (Å²) in [4.78, 5) is 0. The predicted octanol–water partition coefficient (Wildman–Crippen LogP) is 2.84. The van der Waals surface area contributed by atoms with Crippen molar-refractivity contribution in [1.82, 2.24) is 0 Å². The van der Waals surface area contributed by atoms with Crippen LogP contribution in [-0.2, 0) is 0 Å². The van der Waals surface area contributed by atoms with E-state index in [1.807, 2.05) is 34.4 Å². The lowest BCUT2D eigenvalue weighted by atomic mass is 10.0. The molecule has 12 heavy (non-hydrogen) atoms.